The Labute approximate surface area is 106 Å². The minimum Gasteiger partial charge on any atom is -0.0776 e. The lowest BCUT2D eigenvalue weighted by atomic mass is 9.89. The van der Waals surface area contributed by atoms with Crippen LogP contribution in [0.2, 0.25) is 0 Å². The summed E-state index contributed by atoms with van der Waals surface area (Å²) in [6, 6.07) is 21.4. The molecule has 0 aliphatic carbocycles. The highest BCUT2D eigenvalue weighted by Gasteiger charge is 2.10. The Kier molecular flexibility index (Phi) is 6.97. The third-order valence-electron chi connectivity index (χ3n) is 2.81. The van der Waals surface area contributed by atoms with Gasteiger partial charge < -0.3 is 0 Å². The molecule has 0 heterocycles. The molecule has 0 aliphatic heterocycles. The number of hydrogen-bond donors (Lipinski definition) is 0. The molecule has 0 atom stereocenters. The molecule has 0 heteroatoms. The van der Waals surface area contributed by atoms with Gasteiger partial charge in [-0.15, -0.1) is 0 Å². The summed E-state index contributed by atoms with van der Waals surface area (Å²) in [5.74, 6) is 0.535. The third-order valence-corrected chi connectivity index (χ3v) is 2.81. The van der Waals surface area contributed by atoms with Crippen molar-refractivity contribution in [3.8, 4) is 0 Å². The van der Waals surface area contributed by atoms with Gasteiger partial charge in [-0.3, -0.25) is 0 Å². The van der Waals surface area contributed by atoms with Crippen molar-refractivity contribution in [1.82, 2.24) is 0 Å². The summed E-state index contributed by atoms with van der Waals surface area (Å²) in [4.78, 5) is 0. The van der Waals surface area contributed by atoms with Crippen molar-refractivity contribution in [1.29, 1.82) is 0 Å². The fraction of sp³-hybridized carbons (Fsp3) is 0.294. The van der Waals surface area contributed by atoms with E-state index in [1.807, 2.05) is 0 Å². The zero-order valence-corrected chi connectivity index (χ0v) is 9.06. The molecule has 0 nitrogen and oxygen atoms in total. The average Bonchev–Trinajstić information content (AvgIpc) is 2.33. The summed E-state index contributed by atoms with van der Waals surface area (Å²) in [6.07, 6.45) is 1.15. The summed E-state index contributed by atoms with van der Waals surface area (Å²) < 4.78 is 0. The standard InChI is InChI=1S/C15H16.2CH4/c1-2-15(13-9-5-3-6-10-13)14-11-7-4-8-12-14;;/h3-12,15H,2H2,1H3;2*1H4. The molecule has 0 N–H and O–H groups in total. The van der Waals surface area contributed by atoms with Gasteiger partial charge in [0.25, 0.3) is 0 Å². The molecule has 0 unspecified atom stereocenters. The van der Waals surface area contributed by atoms with E-state index in [1.165, 1.54) is 11.1 Å². The second-order valence-electron chi connectivity index (χ2n) is 3.78. The highest BCUT2D eigenvalue weighted by atomic mass is 14.1. The van der Waals surface area contributed by atoms with Gasteiger partial charge in [0.2, 0.25) is 0 Å². The van der Waals surface area contributed by atoms with Gasteiger partial charge in [0.05, 0.1) is 0 Å². The van der Waals surface area contributed by atoms with Gasteiger partial charge in [-0.25, -0.2) is 0 Å². The van der Waals surface area contributed by atoms with Gasteiger partial charge in [0.1, 0.15) is 0 Å². The summed E-state index contributed by atoms with van der Waals surface area (Å²) in [5, 5.41) is 0. The largest absolute Gasteiger partial charge is 0.0776 e. The lowest BCUT2D eigenvalue weighted by molar-refractivity contribution is 0.777. The maximum Gasteiger partial charge on any atom is 0.00867 e. The van der Waals surface area contributed by atoms with Crippen LogP contribution in [0.15, 0.2) is 60.7 Å². The van der Waals surface area contributed by atoms with Crippen molar-refractivity contribution in [2.24, 2.45) is 0 Å². The summed E-state index contributed by atoms with van der Waals surface area (Å²) in [7, 11) is 0. The Morgan fingerprint density at radius 2 is 1.06 bits per heavy atom. The van der Waals surface area contributed by atoms with Crippen LogP contribution >= 0.6 is 0 Å². The van der Waals surface area contributed by atoms with Gasteiger partial charge in [-0.1, -0.05) is 82.4 Å². The molecule has 2 rings (SSSR count). The fourth-order valence-electron chi connectivity index (χ4n) is 2.03. The van der Waals surface area contributed by atoms with Gasteiger partial charge >= 0.3 is 0 Å². The summed E-state index contributed by atoms with van der Waals surface area (Å²) in [6.45, 7) is 2.24. The van der Waals surface area contributed by atoms with Crippen molar-refractivity contribution in [3.05, 3.63) is 71.8 Å². The molecular formula is C17H24. The van der Waals surface area contributed by atoms with Crippen LogP contribution in [0, 0.1) is 0 Å². The normalized spacial score (nSPS) is 9.29. The first-order chi connectivity index (χ1) is 7.42. The predicted octanol–water partition coefficient (Wildman–Crippen LogP) is 5.50. The predicted molar refractivity (Wildman–Crippen MR) is 78.5 cm³/mol. The van der Waals surface area contributed by atoms with Gasteiger partial charge in [0, 0.05) is 5.92 Å². The average molecular weight is 228 g/mol. The molecular weight excluding hydrogens is 204 g/mol. The van der Waals surface area contributed by atoms with Crippen LogP contribution in [0.1, 0.15) is 45.2 Å². The second kappa shape index (κ2) is 7.67. The molecule has 0 amide bonds. The van der Waals surface area contributed by atoms with E-state index in [9.17, 15) is 0 Å². The first-order valence-electron chi connectivity index (χ1n) is 5.51. The molecule has 0 radical (unpaired) electrons. The lowest BCUT2D eigenvalue weighted by Gasteiger charge is -2.15. The lowest BCUT2D eigenvalue weighted by Crippen LogP contribution is -1.98. The molecule has 0 aromatic heterocycles. The SMILES string of the molecule is C.C.CCC(c1ccccc1)c1ccccc1. The molecule has 17 heavy (non-hydrogen) atoms. The molecule has 2 aromatic rings. The van der Waals surface area contributed by atoms with Crippen LogP contribution in [0.4, 0.5) is 0 Å². The van der Waals surface area contributed by atoms with E-state index < -0.39 is 0 Å². The maximum absolute atomic E-state index is 2.24. The maximum atomic E-state index is 2.24. The van der Waals surface area contributed by atoms with Gasteiger partial charge in [-0.2, -0.15) is 0 Å². The highest BCUT2D eigenvalue weighted by molar-refractivity contribution is 5.31. The summed E-state index contributed by atoms with van der Waals surface area (Å²) >= 11 is 0. The van der Waals surface area contributed by atoms with Crippen molar-refractivity contribution in [2.45, 2.75) is 34.1 Å². The fourth-order valence-corrected chi connectivity index (χ4v) is 2.03. The van der Waals surface area contributed by atoms with E-state index in [2.05, 4.69) is 67.6 Å². The van der Waals surface area contributed by atoms with Crippen molar-refractivity contribution in [2.75, 3.05) is 0 Å². The van der Waals surface area contributed by atoms with E-state index >= 15 is 0 Å². The Morgan fingerprint density at radius 3 is 1.35 bits per heavy atom. The Bertz CT molecular complexity index is 349. The quantitative estimate of drug-likeness (QED) is 0.650. The van der Waals surface area contributed by atoms with Crippen LogP contribution in [-0.4, -0.2) is 0 Å². The first kappa shape index (κ1) is 15.4. The van der Waals surface area contributed by atoms with Gasteiger partial charge in [-0.05, 0) is 17.5 Å². The smallest absolute Gasteiger partial charge is 0.00867 e. The highest BCUT2D eigenvalue weighted by Crippen LogP contribution is 2.26. The van der Waals surface area contributed by atoms with Crippen molar-refractivity contribution in [3.63, 3.8) is 0 Å². The molecule has 0 fully saturated rings. The van der Waals surface area contributed by atoms with Crippen LogP contribution in [-0.2, 0) is 0 Å². The molecule has 92 valence electrons. The zero-order valence-electron chi connectivity index (χ0n) is 9.06. The Hall–Kier alpha value is -1.56. The van der Waals surface area contributed by atoms with E-state index in [0.717, 1.165) is 6.42 Å². The second-order valence-corrected chi connectivity index (χ2v) is 3.78. The molecule has 0 saturated heterocycles. The Morgan fingerprint density at radius 1 is 0.706 bits per heavy atom. The van der Waals surface area contributed by atoms with E-state index in [4.69, 9.17) is 0 Å². The topological polar surface area (TPSA) is 0 Å². The monoisotopic (exact) mass is 228 g/mol. The molecule has 0 bridgehead atoms. The minimum absolute atomic E-state index is 0. The number of hydrogen-bond acceptors (Lipinski definition) is 0. The van der Waals surface area contributed by atoms with E-state index in [1.54, 1.807) is 0 Å². The van der Waals surface area contributed by atoms with Crippen LogP contribution in [0.5, 0.6) is 0 Å². The summed E-state index contributed by atoms with van der Waals surface area (Å²) in [5.41, 5.74) is 2.82. The molecule has 0 saturated carbocycles. The van der Waals surface area contributed by atoms with Crippen molar-refractivity contribution < 1.29 is 0 Å². The zero-order chi connectivity index (χ0) is 10.5. The van der Waals surface area contributed by atoms with Crippen LogP contribution in [0.25, 0.3) is 0 Å². The third kappa shape index (κ3) is 3.74. The van der Waals surface area contributed by atoms with Crippen LogP contribution in [0.3, 0.4) is 0 Å². The molecule has 0 spiro atoms. The Balaban J connectivity index is 0.00000128. The van der Waals surface area contributed by atoms with Gasteiger partial charge in [0.15, 0.2) is 0 Å². The minimum atomic E-state index is 0. The molecule has 0 aliphatic rings. The molecule has 2 aromatic carbocycles. The number of rotatable bonds is 3. The number of benzene rings is 2. The first-order valence-corrected chi connectivity index (χ1v) is 5.51. The van der Waals surface area contributed by atoms with E-state index in [0.29, 0.717) is 5.92 Å². The van der Waals surface area contributed by atoms with Crippen molar-refractivity contribution >= 4 is 0 Å². The van der Waals surface area contributed by atoms with Crippen LogP contribution < -0.4 is 0 Å². The van der Waals surface area contributed by atoms with E-state index in [-0.39, 0.29) is 14.9 Å².